The highest BCUT2D eigenvalue weighted by atomic mass is 16.5. The van der Waals surface area contributed by atoms with E-state index in [2.05, 4.69) is 16.9 Å². The van der Waals surface area contributed by atoms with Crippen molar-refractivity contribution in [2.24, 2.45) is 0 Å². The summed E-state index contributed by atoms with van der Waals surface area (Å²) in [5, 5.41) is 0. The van der Waals surface area contributed by atoms with E-state index < -0.39 is 0 Å². The SMILES string of the molecule is CCCCCCc1nc(C)c2c(=O)[nH]c3ccc(C(=O)OCC)cc3n12. The number of esters is 1. The van der Waals surface area contributed by atoms with Gasteiger partial charge in [0.05, 0.1) is 28.9 Å². The Labute approximate surface area is 152 Å². The van der Waals surface area contributed by atoms with Crippen molar-refractivity contribution < 1.29 is 9.53 Å². The maximum absolute atomic E-state index is 12.5. The van der Waals surface area contributed by atoms with Crippen LogP contribution in [0.2, 0.25) is 0 Å². The van der Waals surface area contributed by atoms with Gasteiger partial charge in [0.1, 0.15) is 11.3 Å². The van der Waals surface area contributed by atoms with E-state index >= 15 is 0 Å². The molecule has 0 amide bonds. The molecule has 0 bridgehead atoms. The first kappa shape index (κ1) is 18.2. The quantitative estimate of drug-likeness (QED) is 0.517. The molecule has 0 saturated carbocycles. The van der Waals surface area contributed by atoms with Crippen LogP contribution in [-0.4, -0.2) is 26.9 Å². The van der Waals surface area contributed by atoms with E-state index in [1.165, 1.54) is 12.8 Å². The lowest BCUT2D eigenvalue weighted by Crippen LogP contribution is -2.13. The number of aromatic amines is 1. The van der Waals surface area contributed by atoms with E-state index in [1.807, 2.05) is 11.3 Å². The fourth-order valence-electron chi connectivity index (χ4n) is 3.34. The number of hydrogen-bond acceptors (Lipinski definition) is 4. The Morgan fingerprint density at radius 2 is 2.04 bits per heavy atom. The summed E-state index contributed by atoms with van der Waals surface area (Å²) in [6.07, 6.45) is 5.33. The summed E-state index contributed by atoms with van der Waals surface area (Å²) in [6, 6.07) is 5.19. The molecule has 3 aromatic rings. The number of carbonyl (C=O) groups excluding carboxylic acids is 1. The molecule has 2 heterocycles. The van der Waals surface area contributed by atoms with Gasteiger partial charge >= 0.3 is 5.97 Å². The second kappa shape index (κ2) is 7.72. The smallest absolute Gasteiger partial charge is 0.338 e. The summed E-state index contributed by atoms with van der Waals surface area (Å²) < 4.78 is 7.01. The molecule has 0 fully saturated rings. The summed E-state index contributed by atoms with van der Waals surface area (Å²) >= 11 is 0. The van der Waals surface area contributed by atoms with Crippen LogP contribution >= 0.6 is 0 Å². The van der Waals surface area contributed by atoms with Crippen LogP contribution in [0.5, 0.6) is 0 Å². The monoisotopic (exact) mass is 355 g/mol. The van der Waals surface area contributed by atoms with Crippen LogP contribution in [0.1, 0.15) is 61.4 Å². The molecular weight excluding hydrogens is 330 g/mol. The third-order valence-corrected chi connectivity index (χ3v) is 4.59. The molecule has 0 spiro atoms. The van der Waals surface area contributed by atoms with Crippen molar-refractivity contribution >= 4 is 22.5 Å². The lowest BCUT2D eigenvalue weighted by atomic mass is 10.1. The Balaban J connectivity index is 2.15. The number of hydrogen-bond donors (Lipinski definition) is 1. The maximum atomic E-state index is 12.5. The Kier molecular flexibility index (Phi) is 5.40. The number of nitrogens with zero attached hydrogens (tertiary/aromatic N) is 2. The van der Waals surface area contributed by atoms with Crippen LogP contribution in [0.25, 0.3) is 16.6 Å². The lowest BCUT2D eigenvalue weighted by Gasteiger charge is -2.08. The van der Waals surface area contributed by atoms with Gasteiger partial charge in [-0.25, -0.2) is 9.78 Å². The number of benzene rings is 1. The third-order valence-electron chi connectivity index (χ3n) is 4.59. The van der Waals surface area contributed by atoms with E-state index in [0.29, 0.717) is 28.9 Å². The summed E-state index contributed by atoms with van der Waals surface area (Å²) in [6.45, 7) is 6.13. The standard InChI is InChI=1S/C20H25N3O3/c1-4-6-7-8-9-17-21-13(3)18-19(24)22-15-11-10-14(20(25)26-5-2)12-16(15)23(17)18/h10-12H,4-9H2,1-3H3,(H,22,24). The first-order valence-electron chi connectivity index (χ1n) is 9.27. The number of carbonyl (C=O) groups is 1. The molecule has 6 nitrogen and oxygen atoms in total. The fourth-order valence-corrected chi connectivity index (χ4v) is 3.34. The third kappa shape index (κ3) is 3.36. The van der Waals surface area contributed by atoms with Crippen molar-refractivity contribution in [2.45, 2.75) is 52.9 Å². The summed E-state index contributed by atoms with van der Waals surface area (Å²) in [4.78, 5) is 32.2. The minimum Gasteiger partial charge on any atom is -0.462 e. The average Bonchev–Trinajstić information content (AvgIpc) is 2.96. The van der Waals surface area contributed by atoms with Gasteiger partial charge in [-0.3, -0.25) is 9.20 Å². The van der Waals surface area contributed by atoms with Gasteiger partial charge in [-0.2, -0.15) is 0 Å². The van der Waals surface area contributed by atoms with Crippen LogP contribution in [-0.2, 0) is 11.2 Å². The van der Waals surface area contributed by atoms with Crippen LogP contribution in [0, 0.1) is 6.92 Å². The van der Waals surface area contributed by atoms with Gasteiger partial charge in [-0.05, 0) is 38.5 Å². The molecule has 0 aliphatic rings. The van der Waals surface area contributed by atoms with Crippen molar-refractivity contribution in [3.05, 3.63) is 45.6 Å². The predicted octanol–water partition coefficient (Wildman–Crippen LogP) is 3.78. The van der Waals surface area contributed by atoms with E-state index in [0.717, 1.165) is 30.6 Å². The number of nitrogens with one attached hydrogen (secondary N) is 1. The van der Waals surface area contributed by atoms with Gasteiger partial charge in [0.15, 0.2) is 0 Å². The highest BCUT2D eigenvalue weighted by Gasteiger charge is 2.16. The number of H-pyrrole nitrogens is 1. The van der Waals surface area contributed by atoms with Crippen LogP contribution in [0.4, 0.5) is 0 Å². The lowest BCUT2D eigenvalue weighted by molar-refractivity contribution is 0.0526. The van der Waals surface area contributed by atoms with E-state index in [-0.39, 0.29) is 11.5 Å². The molecule has 138 valence electrons. The second-order valence-electron chi connectivity index (χ2n) is 6.51. The first-order chi connectivity index (χ1) is 12.6. The van der Waals surface area contributed by atoms with Crippen molar-refractivity contribution in [2.75, 3.05) is 6.61 Å². The molecule has 0 aliphatic heterocycles. The molecule has 6 heteroatoms. The van der Waals surface area contributed by atoms with Gasteiger partial charge in [0, 0.05) is 6.42 Å². The Morgan fingerprint density at radius 1 is 1.23 bits per heavy atom. The minimum atomic E-state index is -0.366. The molecular formula is C20H25N3O3. The average molecular weight is 355 g/mol. The number of aryl methyl sites for hydroxylation is 2. The molecule has 26 heavy (non-hydrogen) atoms. The zero-order chi connectivity index (χ0) is 18.7. The maximum Gasteiger partial charge on any atom is 0.338 e. The van der Waals surface area contributed by atoms with Gasteiger partial charge in [0.25, 0.3) is 5.56 Å². The zero-order valence-electron chi connectivity index (χ0n) is 15.6. The topological polar surface area (TPSA) is 76.5 Å². The number of fused-ring (bicyclic) bond motifs is 3. The number of ether oxygens (including phenoxy) is 1. The number of unbranched alkanes of at least 4 members (excludes halogenated alkanes) is 3. The van der Waals surface area contributed by atoms with Crippen molar-refractivity contribution in [3.8, 4) is 0 Å². The largest absolute Gasteiger partial charge is 0.462 e. The van der Waals surface area contributed by atoms with Gasteiger partial charge in [0.2, 0.25) is 0 Å². The molecule has 1 N–H and O–H groups in total. The molecule has 2 aromatic heterocycles. The number of rotatable bonds is 7. The molecule has 1 aromatic carbocycles. The molecule has 0 aliphatic carbocycles. The number of imidazole rings is 1. The zero-order valence-corrected chi connectivity index (χ0v) is 15.6. The predicted molar refractivity (Wildman–Crippen MR) is 102 cm³/mol. The highest BCUT2D eigenvalue weighted by molar-refractivity contribution is 5.94. The normalized spacial score (nSPS) is 11.3. The van der Waals surface area contributed by atoms with Crippen molar-refractivity contribution in [1.29, 1.82) is 0 Å². The number of aromatic nitrogens is 3. The highest BCUT2D eigenvalue weighted by Crippen LogP contribution is 2.20. The van der Waals surface area contributed by atoms with Gasteiger partial charge in [-0.15, -0.1) is 0 Å². The minimum absolute atomic E-state index is 0.161. The molecule has 0 radical (unpaired) electrons. The van der Waals surface area contributed by atoms with Crippen molar-refractivity contribution in [1.82, 2.24) is 14.4 Å². The molecule has 0 unspecified atom stereocenters. The van der Waals surface area contributed by atoms with Crippen LogP contribution in [0.15, 0.2) is 23.0 Å². The van der Waals surface area contributed by atoms with Crippen LogP contribution in [0.3, 0.4) is 0 Å². The van der Waals surface area contributed by atoms with E-state index in [9.17, 15) is 9.59 Å². The van der Waals surface area contributed by atoms with E-state index in [4.69, 9.17) is 4.74 Å². The van der Waals surface area contributed by atoms with Crippen molar-refractivity contribution in [3.63, 3.8) is 0 Å². The van der Waals surface area contributed by atoms with Gasteiger partial charge in [-0.1, -0.05) is 26.2 Å². The summed E-state index contributed by atoms with van der Waals surface area (Å²) in [5.74, 6) is 0.501. The Morgan fingerprint density at radius 3 is 2.77 bits per heavy atom. The summed E-state index contributed by atoms with van der Waals surface area (Å²) in [5.41, 5.74) is 3.02. The van der Waals surface area contributed by atoms with Crippen LogP contribution < -0.4 is 5.56 Å². The molecule has 0 atom stereocenters. The molecule has 3 rings (SSSR count). The molecule has 0 saturated heterocycles. The fraction of sp³-hybridized carbons (Fsp3) is 0.450. The van der Waals surface area contributed by atoms with E-state index in [1.54, 1.807) is 25.1 Å². The Hall–Kier alpha value is -2.63. The Bertz CT molecular complexity index is 1000. The second-order valence-corrected chi connectivity index (χ2v) is 6.51. The first-order valence-corrected chi connectivity index (χ1v) is 9.27. The van der Waals surface area contributed by atoms with Gasteiger partial charge < -0.3 is 9.72 Å². The summed E-state index contributed by atoms with van der Waals surface area (Å²) in [7, 11) is 0.